The first-order valence-electron chi connectivity index (χ1n) is 4.06. The molecule has 1 heterocycles. The number of benzene rings is 1. The molecule has 2 aromatic rings. The van der Waals surface area contributed by atoms with Gasteiger partial charge >= 0.3 is 0 Å². The molecule has 0 unspecified atom stereocenters. The van der Waals surface area contributed by atoms with Crippen LogP contribution in [0.25, 0.3) is 11.1 Å². The first-order chi connectivity index (χ1) is 6.75. The van der Waals surface area contributed by atoms with Crippen molar-refractivity contribution in [2.45, 2.75) is 0 Å². The third-order valence-electron chi connectivity index (χ3n) is 1.82. The number of aromatic amines is 1. The second-order valence-corrected chi connectivity index (χ2v) is 3.28. The van der Waals surface area contributed by atoms with E-state index in [0.717, 1.165) is 11.1 Å². The van der Waals surface area contributed by atoms with Crippen molar-refractivity contribution in [2.75, 3.05) is 0 Å². The van der Waals surface area contributed by atoms with Gasteiger partial charge in [0, 0.05) is 16.7 Å². The van der Waals surface area contributed by atoms with Gasteiger partial charge in [0.25, 0.3) is 5.56 Å². The lowest BCUT2D eigenvalue weighted by molar-refractivity contribution is 0.991. The van der Waals surface area contributed by atoms with Crippen molar-refractivity contribution in [1.82, 2.24) is 10.2 Å². The quantitative estimate of drug-likeness (QED) is 0.777. The van der Waals surface area contributed by atoms with Gasteiger partial charge in [0.2, 0.25) is 0 Å². The van der Waals surface area contributed by atoms with Crippen LogP contribution < -0.4 is 5.56 Å². The molecule has 1 aromatic carbocycles. The molecule has 0 spiro atoms. The second-order valence-electron chi connectivity index (χ2n) is 2.84. The minimum absolute atomic E-state index is 0.220. The van der Waals surface area contributed by atoms with E-state index in [1.165, 1.54) is 6.07 Å². The zero-order valence-corrected chi connectivity index (χ0v) is 7.95. The third-order valence-corrected chi connectivity index (χ3v) is 2.06. The van der Waals surface area contributed by atoms with E-state index >= 15 is 0 Å². The monoisotopic (exact) mass is 206 g/mol. The number of nitrogens with zero attached hydrogens (tertiary/aromatic N) is 1. The summed E-state index contributed by atoms with van der Waals surface area (Å²) in [7, 11) is 0. The Hall–Kier alpha value is -1.61. The zero-order valence-electron chi connectivity index (χ0n) is 7.20. The molecule has 1 N–H and O–H groups in total. The highest BCUT2D eigenvalue weighted by Crippen LogP contribution is 2.20. The molecule has 0 bridgehead atoms. The van der Waals surface area contributed by atoms with Crippen LogP contribution in [0, 0.1) is 0 Å². The second kappa shape index (κ2) is 3.64. The van der Waals surface area contributed by atoms with Gasteiger partial charge in [-0.05, 0) is 17.7 Å². The number of hydrogen-bond donors (Lipinski definition) is 1. The molecule has 3 nitrogen and oxygen atoms in total. The highest BCUT2D eigenvalue weighted by molar-refractivity contribution is 6.30. The first kappa shape index (κ1) is 8.97. The number of H-pyrrole nitrogens is 1. The lowest BCUT2D eigenvalue weighted by Crippen LogP contribution is -2.05. The Morgan fingerprint density at radius 1 is 1.21 bits per heavy atom. The number of nitrogens with one attached hydrogen (secondary N) is 1. The topological polar surface area (TPSA) is 45.8 Å². The third kappa shape index (κ3) is 1.83. The summed E-state index contributed by atoms with van der Waals surface area (Å²) < 4.78 is 0. The molecular formula is C10H7ClN2O. The molecule has 4 heteroatoms. The molecule has 70 valence electrons. The Morgan fingerprint density at radius 3 is 2.79 bits per heavy atom. The fraction of sp³-hybridized carbons (Fsp3) is 0. The van der Waals surface area contributed by atoms with E-state index in [2.05, 4.69) is 10.2 Å². The largest absolute Gasteiger partial charge is 0.268 e. The zero-order chi connectivity index (χ0) is 9.97. The predicted molar refractivity (Wildman–Crippen MR) is 55.3 cm³/mol. The van der Waals surface area contributed by atoms with Gasteiger partial charge in [-0.1, -0.05) is 23.7 Å². The van der Waals surface area contributed by atoms with Crippen LogP contribution in [0.15, 0.2) is 41.3 Å². The Balaban J connectivity index is 2.55. The Morgan fingerprint density at radius 2 is 2.07 bits per heavy atom. The van der Waals surface area contributed by atoms with Crippen molar-refractivity contribution in [2.24, 2.45) is 0 Å². The average molecular weight is 207 g/mol. The number of hydrogen-bond acceptors (Lipinski definition) is 2. The minimum atomic E-state index is -0.220. The Bertz CT molecular complexity index is 507. The smallest absolute Gasteiger partial charge is 0.264 e. The average Bonchev–Trinajstić information content (AvgIpc) is 2.18. The van der Waals surface area contributed by atoms with E-state index in [1.54, 1.807) is 18.3 Å². The molecule has 0 atom stereocenters. The van der Waals surface area contributed by atoms with Gasteiger partial charge in [-0.25, -0.2) is 5.10 Å². The van der Waals surface area contributed by atoms with E-state index in [9.17, 15) is 4.79 Å². The van der Waals surface area contributed by atoms with Gasteiger partial charge in [-0.3, -0.25) is 4.79 Å². The van der Waals surface area contributed by atoms with Crippen molar-refractivity contribution in [3.63, 3.8) is 0 Å². The molecule has 0 aliphatic carbocycles. The lowest BCUT2D eigenvalue weighted by Gasteiger charge is -1.99. The predicted octanol–water partition coefficient (Wildman–Crippen LogP) is 2.09. The molecule has 14 heavy (non-hydrogen) atoms. The van der Waals surface area contributed by atoms with E-state index in [-0.39, 0.29) is 5.56 Å². The molecular weight excluding hydrogens is 200 g/mol. The van der Waals surface area contributed by atoms with Crippen LogP contribution in [0.1, 0.15) is 0 Å². The summed E-state index contributed by atoms with van der Waals surface area (Å²) in [5.74, 6) is 0. The standard InChI is InChI=1S/C10H7ClN2O/c11-9-3-1-2-7(4-9)8-5-10(14)13-12-6-8/h1-6H,(H,13,14). The minimum Gasteiger partial charge on any atom is -0.268 e. The summed E-state index contributed by atoms with van der Waals surface area (Å²) in [6, 6.07) is 8.77. The molecule has 0 saturated heterocycles. The summed E-state index contributed by atoms with van der Waals surface area (Å²) in [5, 5.41) is 6.67. The Labute approximate surface area is 85.4 Å². The Kier molecular flexibility index (Phi) is 2.33. The molecule has 2 rings (SSSR count). The van der Waals surface area contributed by atoms with Crippen molar-refractivity contribution in [1.29, 1.82) is 0 Å². The van der Waals surface area contributed by atoms with Gasteiger partial charge in [-0.15, -0.1) is 0 Å². The van der Waals surface area contributed by atoms with E-state index in [1.807, 2.05) is 12.1 Å². The molecule has 1 aromatic heterocycles. The highest BCUT2D eigenvalue weighted by atomic mass is 35.5. The molecule has 0 aliphatic heterocycles. The molecule has 0 radical (unpaired) electrons. The maximum absolute atomic E-state index is 11.0. The van der Waals surface area contributed by atoms with Crippen LogP contribution in [0.5, 0.6) is 0 Å². The van der Waals surface area contributed by atoms with Crippen LogP contribution in [-0.4, -0.2) is 10.2 Å². The summed E-state index contributed by atoms with van der Waals surface area (Å²) in [6.07, 6.45) is 1.59. The van der Waals surface area contributed by atoms with Crippen molar-refractivity contribution < 1.29 is 0 Å². The number of rotatable bonds is 1. The van der Waals surface area contributed by atoms with Gasteiger partial charge in [0.05, 0.1) is 6.20 Å². The summed E-state index contributed by atoms with van der Waals surface area (Å²) in [5.41, 5.74) is 1.43. The summed E-state index contributed by atoms with van der Waals surface area (Å²) in [4.78, 5) is 11.0. The molecule has 0 aliphatic rings. The molecule has 0 saturated carbocycles. The van der Waals surface area contributed by atoms with E-state index < -0.39 is 0 Å². The van der Waals surface area contributed by atoms with E-state index in [0.29, 0.717) is 5.02 Å². The first-order valence-corrected chi connectivity index (χ1v) is 4.44. The van der Waals surface area contributed by atoms with Crippen LogP contribution >= 0.6 is 11.6 Å². The summed E-state index contributed by atoms with van der Waals surface area (Å²) >= 11 is 5.83. The van der Waals surface area contributed by atoms with Crippen LogP contribution in [-0.2, 0) is 0 Å². The fourth-order valence-corrected chi connectivity index (χ4v) is 1.39. The molecule has 0 fully saturated rings. The van der Waals surface area contributed by atoms with Gasteiger partial charge in [0.1, 0.15) is 0 Å². The van der Waals surface area contributed by atoms with Crippen molar-refractivity contribution in [3.8, 4) is 11.1 Å². The normalized spacial score (nSPS) is 10.1. The summed E-state index contributed by atoms with van der Waals surface area (Å²) in [6.45, 7) is 0. The van der Waals surface area contributed by atoms with Crippen LogP contribution in [0.3, 0.4) is 0 Å². The van der Waals surface area contributed by atoms with Gasteiger partial charge < -0.3 is 0 Å². The molecule has 0 amide bonds. The van der Waals surface area contributed by atoms with Crippen LogP contribution in [0.2, 0.25) is 5.02 Å². The maximum Gasteiger partial charge on any atom is 0.264 e. The van der Waals surface area contributed by atoms with Gasteiger partial charge in [0.15, 0.2) is 0 Å². The lowest BCUT2D eigenvalue weighted by atomic mass is 10.1. The SMILES string of the molecule is O=c1cc(-c2cccc(Cl)c2)cn[nH]1. The highest BCUT2D eigenvalue weighted by Gasteiger charge is 1.98. The van der Waals surface area contributed by atoms with Crippen LogP contribution in [0.4, 0.5) is 0 Å². The van der Waals surface area contributed by atoms with Gasteiger partial charge in [-0.2, -0.15) is 5.10 Å². The van der Waals surface area contributed by atoms with Crippen molar-refractivity contribution >= 4 is 11.6 Å². The number of aromatic nitrogens is 2. The van der Waals surface area contributed by atoms with E-state index in [4.69, 9.17) is 11.6 Å². The number of halogens is 1. The van der Waals surface area contributed by atoms with Crippen molar-refractivity contribution in [3.05, 3.63) is 51.9 Å². The maximum atomic E-state index is 11.0. The fourth-order valence-electron chi connectivity index (χ4n) is 1.20.